The minimum Gasteiger partial charge on any atom is -0.621 e. The molecule has 4 rings (SSSR count). The molecule has 0 aliphatic carbocycles. The summed E-state index contributed by atoms with van der Waals surface area (Å²) in [4.78, 5) is 16.7. The summed E-state index contributed by atoms with van der Waals surface area (Å²) >= 11 is 0. The molecule has 1 N–H and O–H groups in total. The fourth-order valence-corrected chi connectivity index (χ4v) is 2.92. The third kappa shape index (κ3) is 2.59. The minimum absolute atomic E-state index is 0.170. The van der Waals surface area contributed by atoms with Crippen LogP contribution in [0.5, 0.6) is 5.75 Å². The van der Waals surface area contributed by atoms with Crippen molar-refractivity contribution < 1.29 is 23.4 Å². The molecule has 1 atom stereocenters. The van der Waals surface area contributed by atoms with Crippen LogP contribution in [0.15, 0.2) is 65.3 Å². The van der Waals surface area contributed by atoms with E-state index in [1.807, 2.05) is 0 Å². The number of halogens is 1. The second-order valence-electron chi connectivity index (χ2n) is 5.57. The van der Waals surface area contributed by atoms with E-state index >= 15 is 0 Å². The maximum absolute atomic E-state index is 12.8. The van der Waals surface area contributed by atoms with Crippen LogP contribution in [0.1, 0.15) is 10.4 Å². The second-order valence-corrected chi connectivity index (χ2v) is 5.57. The highest BCUT2D eigenvalue weighted by Gasteiger charge is 2.24. The molecule has 4 aromatic rings. The van der Waals surface area contributed by atoms with E-state index in [1.54, 1.807) is 30.3 Å². The van der Waals surface area contributed by atoms with E-state index in [1.165, 1.54) is 30.6 Å². The van der Waals surface area contributed by atoms with Gasteiger partial charge in [-0.3, -0.25) is 10.0 Å². The van der Waals surface area contributed by atoms with Gasteiger partial charge in [0.2, 0.25) is 6.86 Å². The van der Waals surface area contributed by atoms with Crippen LogP contribution >= 0.6 is 0 Å². The van der Waals surface area contributed by atoms with Crippen molar-refractivity contribution in [1.82, 2.24) is 4.98 Å². The number of pyridine rings is 1. The molecule has 1 amide bonds. The van der Waals surface area contributed by atoms with Gasteiger partial charge in [0, 0.05) is 23.0 Å². The van der Waals surface area contributed by atoms with Gasteiger partial charge < -0.3 is 14.4 Å². The smallest absolute Gasteiger partial charge is 0.350 e. The number of carbonyl (C=O) groups excluding carboxylic acids is 1. The van der Waals surface area contributed by atoms with Gasteiger partial charge in [-0.15, -0.1) is 0 Å². The number of fused-ring (bicyclic) bond motifs is 3. The van der Waals surface area contributed by atoms with Gasteiger partial charge in [-0.1, -0.05) is 18.2 Å². The zero-order chi connectivity index (χ0) is 18.1. The number of benzene rings is 2. The number of nitrogens with zero attached hydrogens (tertiary/aromatic N) is 1. The molecule has 0 fully saturated rings. The van der Waals surface area contributed by atoms with Gasteiger partial charge in [0.1, 0.15) is 5.58 Å². The number of carbonyl (C=O) groups is 1. The van der Waals surface area contributed by atoms with Gasteiger partial charge in [0.05, 0.1) is 11.8 Å². The number of rotatable bonds is 4. The summed E-state index contributed by atoms with van der Waals surface area (Å²) in [6, 6.07) is 13.1. The van der Waals surface area contributed by atoms with Crippen LogP contribution in [0.2, 0.25) is 0 Å². The van der Waals surface area contributed by atoms with Crippen LogP contribution in [-0.4, -0.2) is 17.8 Å². The Bertz CT molecular complexity index is 1090. The van der Waals surface area contributed by atoms with E-state index in [9.17, 15) is 14.4 Å². The molecular weight excluding hydrogens is 339 g/mol. The van der Waals surface area contributed by atoms with E-state index in [0.717, 1.165) is 0 Å². The first-order valence-electron chi connectivity index (χ1n) is 7.83. The van der Waals surface area contributed by atoms with Gasteiger partial charge >= 0.3 is 5.91 Å². The highest BCUT2D eigenvalue weighted by molar-refractivity contribution is 6.16. The summed E-state index contributed by atoms with van der Waals surface area (Å²) in [5, 5.41) is 12.9. The highest BCUT2D eigenvalue weighted by Crippen LogP contribution is 2.37. The van der Waals surface area contributed by atoms with Crippen molar-refractivity contribution in [1.29, 1.82) is 0 Å². The molecule has 7 heteroatoms. The number of hydrogen-bond acceptors (Lipinski definition) is 5. The van der Waals surface area contributed by atoms with Crippen LogP contribution in [0.4, 0.5) is 10.1 Å². The van der Waals surface area contributed by atoms with E-state index in [0.29, 0.717) is 16.4 Å². The lowest BCUT2D eigenvalue weighted by Crippen LogP contribution is -3.05. The summed E-state index contributed by atoms with van der Waals surface area (Å²) in [5.74, 6) is -0.523. The number of hydrogen-bond donors (Lipinski definition) is 1. The predicted octanol–water partition coefficient (Wildman–Crippen LogP) is 3.14. The lowest BCUT2D eigenvalue weighted by atomic mass is 10.0. The molecule has 0 aliphatic heterocycles. The first kappa shape index (κ1) is 16.2. The van der Waals surface area contributed by atoms with Crippen molar-refractivity contribution in [3.8, 4) is 5.75 Å². The van der Waals surface area contributed by atoms with Gasteiger partial charge in [0.25, 0.3) is 0 Å². The number of alkyl halides is 1. The Morgan fingerprint density at radius 2 is 2.04 bits per heavy atom. The largest absolute Gasteiger partial charge is 0.621 e. The van der Waals surface area contributed by atoms with Gasteiger partial charge in [-0.2, -0.15) is 0 Å². The standard InChI is InChI=1S/C19H13FN2O4/c20-11-25-16-8-7-14(19(23)22(24)12-4-3-9-21-10-12)17-13-5-1-2-6-15(13)26-18(16)17/h1-10,22H,11H2. The normalized spacial score (nSPS) is 12.4. The Morgan fingerprint density at radius 3 is 2.81 bits per heavy atom. The van der Waals surface area contributed by atoms with Crippen LogP contribution in [0.25, 0.3) is 21.9 Å². The van der Waals surface area contributed by atoms with Gasteiger partial charge in [-0.25, -0.2) is 9.18 Å². The van der Waals surface area contributed by atoms with E-state index < -0.39 is 17.8 Å². The van der Waals surface area contributed by atoms with E-state index in [4.69, 9.17) is 9.15 Å². The Hall–Kier alpha value is -3.29. The Labute approximate surface area is 147 Å². The van der Waals surface area contributed by atoms with Crippen molar-refractivity contribution >= 4 is 33.5 Å². The van der Waals surface area contributed by atoms with Gasteiger partial charge in [-0.05, 0) is 24.3 Å². The third-order valence-electron chi connectivity index (χ3n) is 4.07. The van der Waals surface area contributed by atoms with Crippen LogP contribution in [0.3, 0.4) is 0 Å². The monoisotopic (exact) mass is 352 g/mol. The molecular formula is C19H13FN2O4. The molecule has 26 heavy (non-hydrogen) atoms. The number of amides is 1. The molecule has 0 spiro atoms. The van der Waals surface area contributed by atoms with Crippen molar-refractivity contribution in [2.75, 3.05) is 6.86 Å². The fraction of sp³-hybridized carbons (Fsp3) is 0.0526. The molecule has 1 unspecified atom stereocenters. The molecule has 0 aliphatic rings. The van der Waals surface area contributed by atoms with Crippen LogP contribution in [-0.2, 0) is 0 Å². The summed E-state index contributed by atoms with van der Waals surface area (Å²) in [5.41, 5.74) is 1.11. The molecule has 0 saturated carbocycles. The lowest BCUT2D eigenvalue weighted by molar-refractivity contribution is -0.679. The van der Waals surface area contributed by atoms with Gasteiger partial charge in [0.15, 0.2) is 17.0 Å². The molecule has 0 bridgehead atoms. The number of aromatic nitrogens is 1. The molecule has 6 nitrogen and oxygen atoms in total. The number of quaternary nitrogens is 1. The highest BCUT2D eigenvalue weighted by atomic mass is 19.1. The third-order valence-corrected chi connectivity index (χ3v) is 4.07. The van der Waals surface area contributed by atoms with E-state index in [2.05, 4.69) is 4.98 Å². The fourth-order valence-electron chi connectivity index (χ4n) is 2.92. The molecule has 130 valence electrons. The summed E-state index contributed by atoms with van der Waals surface area (Å²) in [6.07, 6.45) is 2.86. The van der Waals surface area contributed by atoms with Crippen molar-refractivity contribution in [3.05, 3.63) is 71.7 Å². The Kier molecular flexibility index (Phi) is 4.08. The van der Waals surface area contributed by atoms with Crippen molar-refractivity contribution in [2.45, 2.75) is 0 Å². The first-order chi connectivity index (χ1) is 12.7. The van der Waals surface area contributed by atoms with Crippen LogP contribution < -0.4 is 9.80 Å². The zero-order valence-corrected chi connectivity index (χ0v) is 13.4. The summed E-state index contributed by atoms with van der Waals surface area (Å²) < 4.78 is 23.4. The Morgan fingerprint density at radius 1 is 1.19 bits per heavy atom. The number of ether oxygens (including phenoxy) is 1. The first-order valence-corrected chi connectivity index (χ1v) is 7.83. The summed E-state index contributed by atoms with van der Waals surface area (Å²) in [6.45, 7) is -1.03. The van der Waals surface area contributed by atoms with E-state index in [-0.39, 0.29) is 22.6 Å². The lowest BCUT2D eigenvalue weighted by Gasteiger charge is -2.19. The van der Waals surface area contributed by atoms with Crippen LogP contribution in [0, 0.1) is 5.21 Å². The maximum atomic E-state index is 12.8. The number of hydroxylamine groups is 1. The number of furan rings is 1. The quantitative estimate of drug-likeness (QED) is 0.571. The number of para-hydroxylation sites is 1. The molecule has 2 aromatic heterocycles. The molecule has 0 radical (unpaired) electrons. The predicted molar refractivity (Wildman–Crippen MR) is 92.9 cm³/mol. The zero-order valence-electron chi connectivity index (χ0n) is 13.4. The average Bonchev–Trinajstić information content (AvgIpc) is 3.08. The van der Waals surface area contributed by atoms with Crippen molar-refractivity contribution in [2.24, 2.45) is 0 Å². The van der Waals surface area contributed by atoms with Crippen molar-refractivity contribution in [3.63, 3.8) is 0 Å². The number of nitrogens with one attached hydrogen (secondary N) is 1. The maximum Gasteiger partial charge on any atom is 0.350 e. The second kappa shape index (κ2) is 6.55. The molecule has 2 aromatic carbocycles. The summed E-state index contributed by atoms with van der Waals surface area (Å²) in [7, 11) is 0. The SMILES string of the molecule is O=C(c1ccc(OCF)c2oc3ccccc3c12)[NH+]([O-])c1cccnc1. The minimum atomic E-state index is -1.03. The molecule has 0 saturated heterocycles. The topological polar surface area (TPSA) is 79.8 Å². The Balaban J connectivity index is 1.92. The molecule has 2 heterocycles. The average molecular weight is 352 g/mol.